The molecule has 0 radical (unpaired) electrons. The quantitative estimate of drug-likeness (QED) is 0.618. The van der Waals surface area contributed by atoms with Crippen molar-refractivity contribution in [2.75, 3.05) is 0 Å². The average molecular weight is 165 g/mol. The van der Waals surface area contributed by atoms with Crippen LogP contribution in [0.25, 0.3) is 0 Å². The van der Waals surface area contributed by atoms with E-state index in [1.165, 1.54) is 0 Å². The van der Waals surface area contributed by atoms with E-state index in [9.17, 15) is 4.79 Å². The van der Waals surface area contributed by atoms with Crippen LogP contribution in [-0.2, 0) is 4.79 Å². The van der Waals surface area contributed by atoms with E-state index in [0.29, 0.717) is 11.8 Å². The number of carbonyl (C=O) groups excluding carboxylic acids is 1. The van der Waals surface area contributed by atoms with Gasteiger partial charge in [0.2, 0.25) is 5.91 Å². The summed E-state index contributed by atoms with van der Waals surface area (Å²) < 4.78 is 0. The number of hydrogen-bond acceptors (Lipinski definition) is 1. The highest BCUT2D eigenvalue weighted by Crippen LogP contribution is 2.53. The first-order valence-electron chi connectivity index (χ1n) is 4.67. The molecule has 0 aromatic rings. The molecule has 0 aliphatic heterocycles. The Morgan fingerprint density at radius 1 is 1.67 bits per heavy atom. The molecule has 2 rings (SSSR count). The first-order chi connectivity index (χ1) is 5.69. The molecular formula is C10H15NO. The first kappa shape index (κ1) is 7.84. The van der Waals surface area contributed by atoms with Gasteiger partial charge in [0.25, 0.3) is 0 Å². The Labute approximate surface area is 72.8 Å². The molecule has 2 bridgehead atoms. The summed E-state index contributed by atoms with van der Waals surface area (Å²) in [5, 5.41) is 0. The van der Waals surface area contributed by atoms with Crippen molar-refractivity contribution in [1.29, 1.82) is 0 Å². The van der Waals surface area contributed by atoms with Crippen LogP contribution < -0.4 is 5.73 Å². The van der Waals surface area contributed by atoms with Crippen LogP contribution >= 0.6 is 0 Å². The SMILES string of the molecule is CC[C@]1(C(N)=O)C[C@H]2C=C[C@H]1C2. The summed E-state index contributed by atoms with van der Waals surface area (Å²) in [6.07, 6.45) is 7.45. The number of amides is 1. The minimum atomic E-state index is -0.195. The Hall–Kier alpha value is -0.790. The number of carbonyl (C=O) groups is 1. The number of allylic oxidation sites excluding steroid dienone is 2. The standard InChI is InChI=1S/C10H15NO/c1-2-10(9(11)12)6-7-3-4-8(10)5-7/h3-4,7-8H,2,5-6H2,1H3,(H2,11,12)/t7-,8-,10-/m0/s1. The van der Waals surface area contributed by atoms with Crippen LogP contribution in [0, 0.1) is 17.3 Å². The van der Waals surface area contributed by atoms with Crippen molar-refractivity contribution in [1.82, 2.24) is 0 Å². The van der Waals surface area contributed by atoms with E-state index in [-0.39, 0.29) is 11.3 Å². The second-order valence-corrected chi connectivity index (χ2v) is 4.07. The van der Waals surface area contributed by atoms with Crippen molar-refractivity contribution in [3.05, 3.63) is 12.2 Å². The van der Waals surface area contributed by atoms with E-state index in [2.05, 4.69) is 19.1 Å². The molecule has 66 valence electrons. The smallest absolute Gasteiger partial charge is 0.224 e. The van der Waals surface area contributed by atoms with Gasteiger partial charge in [0.05, 0.1) is 5.41 Å². The second kappa shape index (κ2) is 2.35. The normalized spacial score (nSPS) is 43.8. The van der Waals surface area contributed by atoms with Gasteiger partial charge in [-0.1, -0.05) is 19.1 Å². The average Bonchev–Trinajstić information content (AvgIpc) is 2.62. The molecule has 1 saturated carbocycles. The molecule has 2 N–H and O–H groups in total. The maximum Gasteiger partial charge on any atom is 0.224 e. The van der Waals surface area contributed by atoms with Crippen LogP contribution in [0.1, 0.15) is 26.2 Å². The number of nitrogens with two attached hydrogens (primary N) is 1. The van der Waals surface area contributed by atoms with Gasteiger partial charge in [-0.15, -0.1) is 0 Å². The second-order valence-electron chi connectivity index (χ2n) is 4.07. The molecule has 2 heteroatoms. The van der Waals surface area contributed by atoms with Crippen LogP contribution in [0.3, 0.4) is 0 Å². The van der Waals surface area contributed by atoms with Crippen molar-refractivity contribution < 1.29 is 4.79 Å². The molecule has 2 aliphatic rings. The lowest BCUT2D eigenvalue weighted by Crippen LogP contribution is -2.39. The third-order valence-electron chi connectivity index (χ3n) is 3.63. The Morgan fingerprint density at radius 3 is 2.67 bits per heavy atom. The minimum absolute atomic E-state index is 0.0955. The number of fused-ring (bicyclic) bond motifs is 2. The molecule has 1 fully saturated rings. The van der Waals surface area contributed by atoms with Crippen LogP contribution in [0.2, 0.25) is 0 Å². The summed E-state index contributed by atoms with van der Waals surface area (Å²) >= 11 is 0. The molecule has 0 spiro atoms. The zero-order chi connectivity index (χ0) is 8.77. The topological polar surface area (TPSA) is 43.1 Å². The Bertz CT molecular complexity index is 246. The van der Waals surface area contributed by atoms with Crippen molar-refractivity contribution in [2.24, 2.45) is 23.0 Å². The van der Waals surface area contributed by atoms with Gasteiger partial charge < -0.3 is 5.73 Å². The number of primary amides is 1. The van der Waals surface area contributed by atoms with Crippen molar-refractivity contribution in [3.63, 3.8) is 0 Å². The zero-order valence-electron chi connectivity index (χ0n) is 7.42. The first-order valence-corrected chi connectivity index (χ1v) is 4.67. The summed E-state index contributed by atoms with van der Waals surface area (Å²) in [6.45, 7) is 2.07. The van der Waals surface area contributed by atoms with Gasteiger partial charge in [0, 0.05) is 0 Å². The fourth-order valence-corrected chi connectivity index (χ4v) is 2.82. The summed E-state index contributed by atoms with van der Waals surface area (Å²) in [5.74, 6) is 0.967. The molecule has 2 nitrogen and oxygen atoms in total. The molecule has 0 unspecified atom stereocenters. The Kier molecular flexibility index (Phi) is 1.53. The fourth-order valence-electron chi connectivity index (χ4n) is 2.82. The van der Waals surface area contributed by atoms with Gasteiger partial charge in [-0.2, -0.15) is 0 Å². The van der Waals surface area contributed by atoms with Gasteiger partial charge in [-0.25, -0.2) is 0 Å². The molecule has 0 aromatic heterocycles. The third kappa shape index (κ3) is 0.780. The van der Waals surface area contributed by atoms with E-state index < -0.39 is 0 Å². The predicted octanol–water partition coefficient (Wildman–Crippen LogP) is 1.46. The van der Waals surface area contributed by atoms with E-state index in [0.717, 1.165) is 19.3 Å². The summed E-state index contributed by atoms with van der Waals surface area (Å²) in [4.78, 5) is 11.3. The van der Waals surface area contributed by atoms with Crippen LogP contribution in [0.4, 0.5) is 0 Å². The molecule has 1 amide bonds. The minimum Gasteiger partial charge on any atom is -0.369 e. The van der Waals surface area contributed by atoms with Crippen LogP contribution in [0.15, 0.2) is 12.2 Å². The molecule has 12 heavy (non-hydrogen) atoms. The van der Waals surface area contributed by atoms with Crippen molar-refractivity contribution in [3.8, 4) is 0 Å². The predicted molar refractivity (Wildman–Crippen MR) is 47.3 cm³/mol. The van der Waals surface area contributed by atoms with E-state index in [4.69, 9.17) is 5.73 Å². The number of rotatable bonds is 2. The lowest BCUT2D eigenvalue weighted by atomic mass is 9.73. The third-order valence-corrected chi connectivity index (χ3v) is 3.63. The zero-order valence-corrected chi connectivity index (χ0v) is 7.42. The number of hydrogen-bond donors (Lipinski definition) is 1. The van der Waals surface area contributed by atoms with Crippen molar-refractivity contribution >= 4 is 5.91 Å². The highest BCUT2D eigenvalue weighted by Gasteiger charge is 2.50. The molecule has 0 saturated heterocycles. The lowest BCUT2D eigenvalue weighted by Gasteiger charge is -2.30. The molecule has 2 aliphatic carbocycles. The lowest BCUT2D eigenvalue weighted by molar-refractivity contribution is -0.129. The van der Waals surface area contributed by atoms with Gasteiger partial charge in [-0.3, -0.25) is 4.79 Å². The maximum atomic E-state index is 11.3. The molecule has 3 atom stereocenters. The molecule has 0 aromatic carbocycles. The largest absolute Gasteiger partial charge is 0.369 e. The molecule has 0 heterocycles. The van der Waals surface area contributed by atoms with E-state index in [1.54, 1.807) is 0 Å². The highest BCUT2D eigenvalue weighted by atomic mass is 16.1. The summed E-state index contributed by atoms with van der Waals surface area (Å²) in [6, 6.07) is 0. The summed E-state index contributed by atoms with van der Waals surface area (Å²) in [5.41, 5.74) is 5.26. The Balaban J connectivity index is 2.31. The maximum absolute atomic E-state index is 11.3. The van der Waals surface area contributed by atoms with E-state index in [1.807, 2.05) is 0 Å². The van der Waals surface area contributed by atoms with Crippen LogP contribution in [0.5, 0.6) is 0 Å². The van der Waals surface area contributed by atoms with E-state index >= 15 is 0 Å². The van der Waals surface area contributed by atoms with Crippen molar-refractivity contribution in [2.45, 2.75) is 26.2 Å². The molecular weight excluding hydrogens is 150 g/mol. The highest BCUT2D eigenvalue weighted by molar-refractivity contribution is 5.82. The monoisotopic (exact) mass is 165 g/mol. The van der Waals surface area contributed by atoms with Gasteiger partial charge in [0.1, 0.15) is 0 Å². The Morgan fingerprint density at radius 2 is 2.42 bits per heavy atom. The van der Waals surface area contributed by atoms with Crippen LogP contribution in [-0.4, -0.2) is 5.91 Å². The van der Waals surface area contributed by atoms with Gasteiger partial charge in [0.15, 0.2) is 0 Å². The van der Waals surface area contributed by atoms with Gasteiger partial charge >= 0.3 is 0 Å². The van der Waals surface area contributed by atoms with Gasteiger partial charge in [-0.05, 0) is 31.1 Å². The summed E-state index contributed by atoms with van der Waals surface area (Å²) in [7, 11) is 0. The fraction of sp³-hybridized carbons (Fsp3) is 0.700.